The molecule has 1 fully saturated rings. The van der Waals surface area contributed by atoms with Crippen molar-refractivity contribution in [3.8, 4) is 0 Å². The first-order chi connectivity index (χ1) is 11.5. The second-order valence-corrected chi connectivity index (χ2v) is 7.22. The van der Waals surface area contributed by atoms with Crippen molar-refractivity contribution in [3.05, 3.63) is 12.0 Å². The van der Waals surface area contributed by atoms with Crippen LogP contribution in [0.4, 0.5) is 5.82 Å². The van der Waals surface area contributed by atoms with E-state index in [0.29, 0.717) is 0 Å². The van der Waals surface area contributed by atoms with Gasteiger partial charge in [0.25, 0.3) is 11.8 Å². The molecule has 3 heterocycles. The Morgan fingerprint density at radius 1 is 1.52 bits per heavy atom. The van der Waals surface area contributed by atoms with Crippen molar-refractivity contribution in [1.82, 2.24) is 4.57 Å². The summed E-state index contributed by atoms with van der Waals surface area (Å²) in [4.78, 5) is 3.30. The molecular weight excluding hydrogens is 362 g/mol. The average molecular weight is 379 g/mol. The van der Waals surface area contributed by atoms with Gasteiger partial charge in [-0.3, -0.25) is 4.57 Å². The van der Waals surface area contributed by atoms with E-state index in [1.54, 1.807) is 0 Å². The minimum absolute atomic E-state index is 0.174. The summed E-state index contributed by atoms with van der Waals surface area (Å²) in [5.41, 5.74) is 5.02. The van der Waals surface area contributed by atoms with E-state index < -0.39 is 58.0 Å². The molecule has 1 saturated heterocycles. The Balaban J connectivity index is 2.16. The van der Waals surface area contributed by atoms with Crippen LogP contribution in [0.25, 0.3) is 0 Å². The number of anilines is 1. The lowest BCUT2D eigenvalue weighted by Crippen LogP contribution is -2.51. The molecule has 2 aliphatic heterocycles. The van der Waals surface area contributed by atoms with E-state index in [1.807, 2.05) is 0 Å². The molecule has 25 heavy (non-hydrogen) atoms. The largest absolute Gasteiger partial charge is 0.744 e. The SMILES string of the molecule is Cn1c[n+]([C@@H]2O[C@H](CO)[C@@H](O)[C@H]2O)c2c1C(O)(S(=O)(=O)[O-])N=C(N)N2. The number of hydrogen-bond donors (Lipinski definition) is 6. The monoisotopic (exact) mass is 379 g/mol. The van der Waals surface area contributed by atoms with Crippen LogP contribution in [0.15, 0.2) is 11.3 Å². The van der Waals surface area contributed by atoms with E-state index in [0.717, 1.165) is 9.13 Å². The topological polar surface area (TPSA) is 207 Å². The molecule has 0 saturated carbocycles. The maximum atomic E-state index is 11.5. The van der Waals surface area contributed by atoms with E-state index >= 15 is 0 Å². The number of aryl methyl sites for hydroxylation is 1. The van der Waals surface area contributed by atoms with Gasteiger partial charge in [-0.05, 0) is 0 Å². The number of nitrogens with two attached hydrogens (primary N) is 1. The number of hydrogen-bond acceptors (Lipinski definition) is 11. The molecule has 1 aromatic rings. The van der Waals surface area contributed by atoms with Gasteiger partial charge < -0.3 is 35.4 Å². The van der Waals surface area contributed by atoms with E-state index in [9.17, 15) is 28.3 Å². The van der Waals surface area contributed by atoms with Gasteiger partial charge in [0, 0.05) is 0 Å². The van der Waals surface area contributed by atoms with Crippen LogP contribution in [-0.2, 0) is 27.0 Å². The van der Waals surface area contributed by atoms with Crippen LogP contribution in [-0.4, -0.2) is 68.8 Å². The molecule has 0 radical (unpaired) electrons. The zero-order chi connectivity index (χ0) is 18.7. The molecule has 140 valence electrons. The number of guanidine groups is 1. The van der Waals surface area contributed by atoms with Crippen molar-refractivity contribution in [2.75, 3.05) is 11.9 Å². The second kappa shape index (κ2) is 5.60. The van der Waals surface area contributed by atoms with Gasteiger partial charge in [-0.15, -0.1) is 0 Å². The number of ether oxygens (including phenoxy) is 1. The Kier molecular flexibility index (Phi) is 4.03. The maximum Gasteiger partial charge on any atom is 0.315 e. The quantitative estimate of drug-likeness (QED) is 0.218. The van der Waals surface area contributed by atoms with Crippen molar-refractivity contribution in [2.45, 2.75) is 29.6 Å². The zero-order valence-electron chi connectivity index (χ0n) is 12.8. The molecule has 2 aliphatic rings. The number of nitrogens with one attached hydrogen (secondary N) is 1. The van der Waals surface area contributed by atoms with Crippen LogP contribution < -0.4 is 15.6 Å². The number of nitrogens with zero attached hydrogens (tertiary/aromatic N) is 3. The highest BCUT2D eigenvalue weighted by Crippen LogP contribution is 2.37. The smallest absolute Gasteiger partial charge is 0.315 e. The lowest BCUT2D eigenvalue weighted by atomic mass is 10.1. The standard InChI is InChI=1S/C11H17N5O8S/c1-15-3-16(9-6(19)5(18)4(2-17)24-9)8-7(15)11(20,25(21,22)23)14-10(12)13-8/h3-6,9,17-20H,2H2,1H3,(H3-,12,13,14,21,22,23)/t4-,5-,6-,9-,11?/m1/s1. The van der Waals surface area contributed by atoms with Crippen molar-refractivity contribution in [3.63, 3.8) is 0 Å². The first-order valence-corrected chi connectivity index (χ1v) is 8.45. The number of aliphatic hydroxyl groups is 4. The van der Waals surface area contributed by atoms with Crippen LogP contribution in [0.1, 0.15) is 11.9 Å². The van der Waals surface area contributed by atoms with Gasteiger partial charge in [-0.25, -0.2) is 18.3 Å². The minimum Gasteiger partial charge on any atom is -0.744 e. The van der Waals surface area contributed by atoms with Gasteiger partial charge in [0.05, 0.1) is 13.7 Å². The van der Waals surface area contributed by atoms with Gasteiger partial charge in [-0.1, -0.05) is 0 Å². The summed E-state index contributed by atoms with van der Waals surface area (Å²) in [7, 11) is -4.05. The zero-order valence-corrected chi connectivity index (χ0v) is 13.7. The molecule has 0 spiro atoms. The fourth-order valence-electron chi connectivity index (χ4n) is 2.94. The first-order valence-electron chi connectivity index (χ1n) is 7.04. The number of rotatable bonds is 3. The molecule has 7 N–H and O–H groups in total. The highest BCUT2D eigenvalue weighted by Gasteiger charge is 2.53. The number of aromatic nitrogens is 2. The third kappa shape index (κ3) is 2.50. The lowest BCUT2D eigenvalue weighted by Gasteiger charge is -2.28. The first kappa shape index (κ1) is 18.0. The van der Waals surface area contributed by atoms with Crippen molar-refractivity contribution >= 4 is 21.9 Å². The molecule has 14 heteroatoms. The molecule has 0 aromatic carbocycles. The summed E-state index contributed by atoms with van der Waals surface area (Å²) < 4.78 is 42.2. The van der Waals surface area contributed by atoms with E-state index in [2.05, 4.69) is 10.3 Å². The van der Waals surface area contributed by atoms with Crippen molar-refractivity contribution in [1.29, 1.82) is 0 Å². The molecule has 1 aromatic heterocycles. The predicted molar refractivity (Wildman–Crippen MR) is 77.5 cm³/mol. The maximum absolute atomic E-state index is 11.5. The number of aliphatic imine (C=N–C) groups is 1. The Labute approximate surface area is 141 Å². The number of fused-ring (bicyclic) bond motifs is 1. The lowest BCUT2D eigenvalue weighted by molar-refractivity contribution is -0.753. The normalized spacial score (nSPS) is 35.2. The Bertz CT molecular complexity index is 838. The van der Waals surface area contributed by atoms with Gasteiger partial charge in [0.1, 0.15) is 18.3 Å². The van der Waals surface area contributed by atoms with Crippen LogP contribution in [0.5, 0.6) is 0 Å². The summed E-state index contributed by atoms with van der Waals surface area (Å²) >= 11 is 0. The molecule has 0 aliphatic carbocycles. The van der Waals surface area contributed by atoms with E-state index in [-0.39, 0.29) is 5.82 Å². The second-order valence-electron chi connectivity index (χ2n) is 5.74. The summed E-state index contributed by atoms with van der Waals surface area (Å²) in [6.45, 7) is -0.569. The molecular formula is C11H17N5O8S. The van der Waals surface area contributed by atoms with Crippen LogP contribution in [0.2, 0.25) is 0 Å². The third-order valence-corrected chi connectivity index (χ3v) is 5.08. The fraction of sp³-hybridized carbons (Fsp3) is 0.636. The van der Waals surface area contributed by atoms with Crippen LogP contribution in [0, 0.1) is 0 Å². The van der Waals surface area contributed by atoms with Crippen LogP contribution in [0.3, 0.4) is 0 Å². The summed E-state index contributed by atoms with van der Waals surface area (Å²) in [5.74, 6) is -0.729. The van der Waals surface area contributed by atoms with E-state index in [4.69, 9.17) is 15.6 Å². The Morgan fingerprint density at radius 2 is 2.16 bits per heavy atom. The highest BCUT2D eigenvalue weighted by atomic mass is 32.2. The minimum atomic E-state index is -5.37. The summed E-state index contributed by atoms with van der Waals surface area (Å²) in [5, 5.41) is 38.8. The summed E-state index contributed by atoms with van der Waals surface area (Å²) in [6.07, 6.45) is -4.01. The highest BCUT2D eigenvalue weighted by molar-refractivity contribution is 7.86. The predicted octanol–water partition coefficient (Wildman–Crippen LogP) is -4.69. The molecule has 1 unspecified atom stereocenters. The fourth-order valence-corrected chi connectivity index (χ4v) is 3.63. The van der Waals surface area contributed by atoms with Gasteiger partial charge in [0.2, 0.25) is 11.9 Å². The molecule has 0 bridgehead atoms. The molecule has 5 atom stereocenters. The van der Waals surface area contributed by atoms with Gasteiger partial charge in [0.15, 0.2) is 16.4 Å². The Morgan fingerprint density at radius 3 is 2.68 bits per heavy atom. The number of imidazole rings is 1. The van der Waals surface area contributed by atoms with Crippen LogP contribution >= 0.6 is 0 Å². The Hall–Kier alpha value is -1.81. The van der Waals surface area contributed by atoms with Crippen molar-refractivity contribution < 1.29 is 42.7 Å². The molecule has 13 nitrogen and oxygen atoms in total. The average Bonchev–Trinajstić information content (AvgIpc) is 2.96. The third-order valence-electron chi connectivity index (χ3n) is 4.10. The summed E-state index contributed by atoms with van der Waals surface area (Å²) in [6, 6.07) is 0. The number of aliphatic hydroxyl groups excluding tert-OH is 3. The van der Waals surface area contributed by atoms with Gasteiger partial charge in [-0.2, -0.15) is 4.99 Å². The van der Waals surface area contributed by atoms with E-state index in [1.165, 1.54) is 13.4 Å². The molecule has 0 amide bonds. The molecule has 3 rings (SSSR count). The van der Waals surface area contributed by atoms with Gasteiger partial charge >= 0.3 is 5.06 Å². The van der Waals surface area contributed by atoms with Crippen molar-refractivity contribution in [2.24, 2.45) is 17.8 Å².